The lowest BCUT2D eigenvalue weighted by Crippen LogP contribution is -2.35. The van der Waals surface area contributed by atoms with Crippen molar-refractivity contribution in [1.29, 1.82) is 0 Å². The largest absolute Gasteiger partial charge is 0.454 e. The third-order valence-electron chi connectivity index (χ3n) is 6.24. The van der Waals surface area contributed by atoms with E-state index >= 15 is 0 Å². The summed E-state index contributed by atoms with van der Waals surface area (Å²) in [5.74, 6) is 3.37. The van der Waals surface area contributed by atoms with Crippen molar-refractivity contribution in [2.75, 3.05) is 13.8 Å². The number of amides is 1. The Hall–Kier alpha value is -3.13. The van der Waals surface area contributed by atoms with Crippen LogP contribution in [0, 0.1) is 12.3 Å². The Morgan fingerprint density at radius 1 is 1.21 bits per heavy atom. The van der Waals surface area contributed by atoms with E-state index < -0.39 is 15.9 Å². The number of terminal acetylenes is 1. The van der Waals surface area contributed by atoms with Gasteiger partial charge in [0.05, 0.1) is 21.7 Å². The first-order chi connectivity index (χ1) is 16.4. The van der Waals surface area contributed by atoms with Crippen LogP contribution in [0.25, 0.3) is 10.2 Å². The van der Waals surface area contributed by atoms with Gasteiger partial charge >= 0.3 is 0 Å². The Bertz CT molecular complexity index is 1470. The van der Waals surface area contributed by atoms with E-state index in [2.05, 4.69) is 10.9 Å². The van der Waals surface area contributed by atoms with Gasteiger partial charge in [-0.2, -0.15) is 9.30 Å². The first kappa shape index (κ1) is 22.7. The Morgan fingerprint density at radius 3 is 2.56 bits per heavy atom. The lowest BCUT2D eigenvalue weighted by molar-refractivity contribution is 0.0997. The molecule has 1 aliphatic heterocycles. The number of ether oxygens (including phenoxy) is 2. The molecule has 1 aliphatic carbocycles. The second-order valence-electron chi connectivity index (χ2n) is 8.25. The van der Waals surface area contributed by atoms with E-state index in [1.807, 2.05) is 12.1 Å². The fourth-order valence-electron chi connectivity index (χ4n) is 4.34. The average Bonchev–Trinajstić information content (AvgIpc) is 3.58. The summed E-state index contributed by atoms with van der Waals surface area (Å²) in [5.41, 5.74) is 1.09. The third kappa shape index (κ3) is 4.00. The van der Waals surface area contributed by atoms with Crippen molar-refractivity contribution in [3.05, 3.63) is 46.8 Å². The maximum Gasteiger partial charge on any atom is 0.279 e. The highest BCUT2D eigenvalue weighted by atomic mass is 32.2. The molecule has 0 N–H and O–H groups in total. The third-order valence-corrected chi connectivity index (χ3v) is 9.21. The number of carbonyl (C=O) groups is 1. The molecule has 1 amide bonds. The zero-order valence-corrected chi connectivity index (χ0v) is 20.2. The second kappa shape index (κ2) is 8.91. The van der Waals surface area contributed by atoms with E-state index in [1.165, 1.54) is 39.9 Å². The number of hydrogen-bond donors (Lipinski definition) is 0. The smallest absolute Gasteiger partial charge is 0.279 e. The van der Waals surface area contributed by atoms with Crippen LogP contribution in [0.1, 0.15) is 36.0 Å². The molecule has 0 saturated heterocycles. The van der Waals surface area contributed by atoms with Crippen LogP contribution in [0.2, 0.25) is 0 Å². The molecular weight excluding hydrogens is 474 g/mol. The van der Waals surface area contributed by atoms with Gasteiger partial charge in [0.15, 0.2) is 16.3 Å². The summed E-state index contributed by atoms with van der Waals surface area (Å²) in [6, 6.07) is 9.62. The molecule has 10 heteroatoms. The van der Waals surface area contributed by atoms with Gasteiger partial charge in [-0.15, -0.1) is 6.42 Å². The van der Waals surface area contributed by atoms with Gasteiger partial charge in [-0.1, -0.05) is 30.1 Å². The van der Waals surface area contributed by atoms with E-state index in [0.717, 1.165) is 35.9 Å². The first-order valence-electron chi connectivity index (χ1n) is 10.9. The van der Waals surface area contributed by atoms with Crippen LogP contribution in [-0.4, -0.2) is 43.1 Å². The van der Waals surface area contributed by atoms with Crippen LogP contribution in [-0.2, 0) is 16.6 Å². The molecule has 0 unspecified atom stereocenters. The van der Waals surface area contributed by atoms with Crippen molar-refractivity contribution in [3.63, 3.8) is 0 Å². The molecule has 1 saturated carbocycles. The van der Waals surface area contributed by atoms with Crippen LogP contribution < -0.4 is 14.3 Å². The fourth-order valence-corrected chi connectivity index (χ4v) is 6.79. The molecule has 3 aromatic rings. The Kier molecular flexibility index (Phi) is 5.93. The van der Waals surface area contributed by atoms with Crippen LogP contribution in [0.15, 0.2) is 46.3 Å². The monoisotopic (exact) mass is 497 g/mol. The van der Waals surface area contributed by atoms with Gasteiger partial charge in [-0.05, 0) is 37.1 Å². The van der Waals surface area contributed by atoms with Crippen molar-refractivity contribution in [1.82, 2.24) is 8.87 Å². The molecule has 2 heterocycles. The van der Waals surface area contributed by atoms with Gasteiger partial charge in [0.2, 0.25) is 16.8 Å². The van der Waals surface area contributed by atoms with E-state index in [4.69, 9.17) is 15.9 Å². The summed E-state index contributed by atoms with van der Waals surface area (Å²) >= 11 is 1.32. The number of rotatable bonds is 5. The molecule has 1 fully saturated rings. The van der Waals surface area contributed by atoms with Gasteiger partial charge < -0.3 is 14.0 Å². The van der Waals surface area contributed by atoms with Crippen LogP contribution in [0.3, 0.4) is 0 Å². The van der Waals surface area contributed by atoms with Crippen LogP contribution in [0.4, 0.5) is 0 Å². The van der Waals surface area contributed by atoms with Gasteiger partial charge in [0, 0.05) is 30.8 Å². The van der Waals surface area contributed by atoms with E-state index in [9.17, 15) is 13.2 Å². The Balaban J connectivity index is 1.45. The maximum atomic E-state index is 13.0. The van der Waals surface area contributed by atoms with Crippen molar-refractivity contribution >= 4 is 37.5 Å². The molecule has 0 radical (unpaired) electrons. The summed E-state index contributed by atoms with van der Waals surface area (Å²) < 4.78 is 40.9. The van der Waals surface area contributed by atoms with Gasteiger partial charge in [-0.25, -0.2) is 8.42 Å². The minimum Gasteiger partial charge on any atom is -0.454 e. The fraction of sp³-hybridized carbons (Fsp3) is 0.333. The molecule has 1 aromatic heterocycles. The number of fused-ring (bicyclic) bond motifs is 2. The molecule has 34 heavy (non-hydrogen) atoms. The number of aromatic nitrogens is 1. The highest BCUT2D eigenvalue weighted by Crippen LogP contribution is 2.37. The number of thiazole rings is 1. The molecule has 0 atom stereocenters. The summed E-state index contributed by atoms with van der Waals surface area (Å²) in [4.78, 5) is 17.8. The minimum absolute atomic E-state index is 0.0260. The Labute approximate surface area is 201 Å². The van der Waals surface area contributed by atoms with E-state index in [-0.39, 0.29) is 24.3 Å². The number of nitrogens with zero attached hydrogens (tertiary/aromatic N) is 3. The number of hydrogen-bond acceptors (Lipinski definition) is 6. The molecule has 8 nitrogen and oxygen atoms in total. The molecule has 176 valence electrons. The molecule has 5 rings (SSSR count). The van der Waals surface area contributed by atoms with Crippen LogP contribution in [0.5, 0.6) is 11.5 Å². The Morgan fingerprint density at radius 2 is 1.88 bits per heavy atom. The first-order valence-corrected chi connectivity index (χ1v) is 13.2. The SMILES string of the molecule is C#CCn1c(=NC(=O)c2ccc(S(=O)(=O)N(C)C3CCCC3)cc2)sc2cc3c(cc21)OCO3. The second-order valence-corrected chi connectivity index (χ2v) is 11.3. The zero-order valence-electron chi connectivity index (χ0n) is 18.6. The summed E-state index contributed by atoms with van der Waals surface area (Å²) in [5, 5.41) is 0. The highest BCUT2D eigenvalue weighted by Gasteiger charge is 2.30. The minimum atomic E-state index is -3.62. The summed E-state index contributed by atoms with van der Waals surface area (Å²) in [6.45, 7) is 0.399. The molecule has 0 spiro atoms. The topological polar surface area (TPSA) is 90.2 Å². The zero-order chi connectivity index (χ0) is 23.9. The quantitative estimate of drug-likeness (QED) is 0.504. The lowest BCUT2D eigenvalue weighted by Gasteiger charge is -2.23. The normalized spacial score (nSPS) is 16.4. The van der Waals surface area contributed by atoms with Gasteiger partial charge in [0.25, 0.3) is 5.91 Å². The highest BCUT2D eigenvalue weighted by molar-refractivity contribution is 7.89. The molecular formula is C24H23N3O5S2. The van der Waals surface area contributed by atoms with E-state index in [1.54, 1.807) is 11.6 Å². The molecule has 2 aliphatic rings. The van der Waals surface area contributed by atoms with E-state index in [0.29, 0.717) is 21.9 Å². The van der Waals surface area contributed by atoms with Crippen molar-refractivity contribution in [2.24, 2.45) is 4.99 Å². The maximum absolute atomic E-state index is 13.0. The standard InChI is InChI=1S/C24H23N3O5S2/c1-3-12-27-19-13-20-21(32-15-31-20)14-22(19)33-24(27)25-23(28)16-8-10-18(11-9-16)34(29,30)26(2)17-6-4-5-7-17/h1,8-11,13-14,17H,4-7,12,15H2,2H3. The summed E-state index contributed by atoms with van der Waals surface area (Å²) in [6.07, 6.45) is 9.38. The van der Waals surface area contributed by atoms with Gasteiger partial charge in [0.1, 0.15) is 0 Å². The predicted molar refractivity (Wildman–Crippen MR) is 128 cm³/mol. The molecule has 0 bridgehead atoms. The van der Waals surface area contributed by atoms with Crippen molar-refractivity contribution in [2.45, 2.75) is 43.2 Å². The van der Waals surface area contributed by atoms with Crippen LogP contribution >= 0.6 is 11.3 Å². The number of sulfonamides is 1. The summed E-state index contributed by atoms with van der Waals surface area (Å²) in [7, 11) is -1.99. The van der Waals surface area contributed by atoms with Crippen molar-refractivity contribution in [3.8, 4) is 23.8 Å². The average molecular weight is 498 g/mol. The van der Waals surface area contributed by atoms with Gasteiger partial charge in [-0.3, -0.25) is 4.79 Å². The van der Waals surface area contributed by atoms with Crippen molar-refractivity contribution < 1.29 is 22.7 Å². The number of carbonyl (C=O) groups excluding carboxylic acids is 1. The number of benzene rings is 2. The molecule has 2 aromatic carbocycles. The lowest BCUT2D eigenvalue weighted by atomic mass is 10.2. The predicted octanol–water partition coefficient (Wildman–Crippen LogP) is 3.37.